The van der Waals surface area contributed by atoms with Crippen LogP contribution in [0, 0.1) is 0 Å². The molecule has 1 amide bonds. The summed E-state index contributed by atoms with van der Waals surface area (Å²) in [6, 6.07) is 0. The van der Waals surface area contributed by atoms with Crippen molar-refractivity contribution in [2.45, 2.75) is 31.4 Å². The van der Waals surface area contributed by atoms with Crippen molar-refractivity contribution in [3.63, 3.8) is 0 Å². The van der Waals surface area contributed by atoms with E-state index in [1.165, 1.54) is 16.7 Å². The lowest BCUT2D eigenvalue weighted by Gasteiger charge is -2.15. The van der Waals surface area contributed by atoms with E-state index in [9.17, 15) is 14.7 Å². The summed E-state index contributed by atoms with van der Waals surface area (Å²) in [7, 11) is 0. The lowest BCUT2D eigenvalue weighted by Crippen LogP contribution is -2.33. The minimum absolute atomic E-state index is 0.00541. The summed E-state index contributed by atoms with van der Waals surface area (Å²) in [5.41, 5.74) is 0. The molecule has 4 nitrogen and oxygen atoms in total. The molecule has 0 radical (unpaired) electrons. The van der Waals surface area contributed by atoms with E-state index in [0.717, 1.165) is 6.42 Å². The smallest absolute Gasteiger partial charge is 0.241 e. The van der Waals surface area contributed by atoms with E-state index >= 15 is 0 Å². The molecule has 1 heterocycles. The Labute approximate surface area is 98.0 Å². The number of amides is 1. The molecule has 1 saturated heterocycles. The largest absolute Gasteiger partial charge is 0.550 e. The van der Waals surface area contributed by atoms with Crippen LogP contribution in [0.3, 0.4) is 0 Å². The second-order valence-corrected chi connectivity index (χ2v) is 5.08. The highest BCUT2D eigenvalue weighted by Gasteiger charge is 2.34. The zero-order valence-electron chi connectivity index (χ0n) is 8.39. The van der Waals surface area contributed by atoms with Gasteiger partial charge in [0.15, 0.2) is 0 Å². The molecule has 0 aromatic carbocycles. The Morgan fingerprint density at radius 1 is 1.67 bits per heavy atom. The SMILES string of the molecule is CC[C@H]1SC(=S)N(CCCC(=O)[O-])C1=O. The van der Waals surface area contributed by atoms with Crippen molar-refractivity contribution >= 4 is 40.2 Å². The molecule has 0 aromatic rings. The Hall–Kier alpha value is -0.620. The van der Waals surface area contributed by atoms with Crippen molar-refractivity contribution in [3.05, 3.63) is 0 Å². The van der Waals surface area contributed by atoms with E-state index in [2.05, 4.69) is 0 Å². The number of nitrogens with zero attached hydrogens (tertiary/aromatic N) is 1. The van der Waals surface area contributed by atoms with Crippen molar-refractivity contribution < 1.29 is 14.7 Å². The van der Waals surface area contributed by atoms with E-state index < -0.39 is 5.97 Å². The molecule has 0 saturated carbocycles. The summed E-state index contributed by atoms with van der Waals surface area (Å²) in [5, 5.41) is 10.1. The maximum atomic E-state index is 11.7. The Bertz CT molecular complexity index is 293. The molecule has 15 heavy (non-hydrogen) atoms. The van der Waals surface area contributed by atoms with Gasteiger partial charge >= 0.3 is 0 Å². The van der Waals surface area contributed by atoms with Crippen LogP contribution in [0.1, 0.15) is 26.2 Å². The van der Waals surface area contributed by atoms with Crippen LogP contribution >= 0.6 is 24.0 Å². The molecule has 1 aliphatic heterocycles. The molecule has 0 aromatic heterocycles. The molecule has 0 bridgehead atoms. The van der Waals surface area contributed by atoms with Gasteiger partial charge in [-0.15, -0.1) is 0 Å². The minimum Gasteiger partial charge on any atom is -0.550 e. The van der Waals surface area contributed by atoms with Crippen LogP contribution in [0.4, 0.5) is 0 Å². The Balaban J connectivity index is 2.44. The number of carbonyl (C=O) groups excluding carboxylic acids is 2. The number of carboxylic acid groups (broad SMARTS) is 1. The normalized spacial score (nSPS) is 21.1. The number of carbonyl (C=O) groups is 2. The van der Waals surface area contributed by atoms with E-state index in [0.29, 0.717) is 17.3 Å². The average molecular weight is 246 g/mol. The van der Waals surface area contributed by atoms with Gasteiger partial charge < -0.3 is 9.90 Å². The molecule has 1 atom stereocenters. The number of carboxylic acids is 1. The highest BCUT2D eigenvalue weighted by molar-refractivity contribution is 8.24. The van der Waals surface area contributed by atoms with Gasteiger partial charge in [-0.2, -0.15) is 0 Å². The number of hydrogen-bond acceptors (Lipinski definition) is 5. The highest BCUT2D eigenvalue weighted by Crippen LogP contribution is 2.29. The lowest BCUT2D eigenvalue weighted by molar-refractivity contribution is -0.305. The highest BCUT2D eigenvalue weighted by atomic mass is 32.2. The third-order valence-electron chi connectivity index (χ3n) is 2.14. The third-order valence-corrected chi connectivity index (χ3v) is 3.89. The summed E-state index contributed by atoms with van der Waals surface area (Å²) in [4.78, 5) is 23.4. The molecule has 0 aliphatic carbocycles. The monoisotopic (exact) mass is 246 g/mol. The summed E-state index contributed by atoms with van der Waals surface area (Å²) >= 11 is 6.43. The Morgan fingerprint density at radius 2 is 2.33 bits per heavy atom. The molecular weight excluding hydrogens is 234 g/mol. The van der Waals surface area contributed by atoms with Crippen molar-refractivity contribution in [2.24, 2.45) is 0 Å². The van der Waals surface area contributed by atoms with Crippen LogP contribution in [0.2, 0.25) is 0 Å². The molecule has 1 rings (SSSR count). The second-order valence-electron chi connectivity index (χ2n) is 3.25. The number of thiocarbonyl (C=S) groups is 1. The molecule has 84 valence electrons. The van der Waals surface area contributed by atoms with Gasteiger partial charge in [-0.05, 0) is 19.3 Å². The number of thioether (sulfide) groups is 1. The zero-order chi connectivity index (χ0) is 11.4. The number of hydrogen-bond donors (Lipinski definition) is 0. The fourth-order valence-corrected chi connectivity index (χ4v) is 2.82. The topological polar surface area (TPSA) is 60.4 Å². The fraction of sp³-hybridized carbons (Fsp3) is 0.667. The van der Waals surface area contributed by atoms with Gasteiger partial charge in [0, 0.05) is 12.5 Å². The molecule has 1 aliphatic rings. The maximum absolute atomic E-state index is 11.7. The summed E-state index contributed by atoms with van der Waals surface area (Å²) in [5.74, 6) is -1.09. The zero-order valence-corrected chi connectivity index (χ0v) is 10.0. The van der Waals surface area contributed by atoms with Gasteiger partial charge in [-0.3, -0.25) is 9.69 Å². The second kappa shape index (κ2) is 5.46. The molecule has 0 spiro atoms. The molecule has 6 heteroatoms. The Kier molecular flexibility index (Phi) is 4.53. The number of rotatable bonds is 5. The molecular formula is C9H12NO3S2-. The number of aliphatic carboxylic acids is 1. The van der Waals surface area contributed by atoms with E-state index in [1.807, 2.05) is 6.92 Å². The fourth-order valence-electron chi connectivity index (χ4n) is 1.34. The first-order chi connectivity index (χ1) is 7.06. The quantitative estimate of drug-likeness (QED) is 0.646. The van der Waals surface area contributed by atoms with Crippen molar-refractivity contribution in [1.82, 2.24) is 4.90 Å². The minimum atomic E-state index is -1.09. The van der Waals surface area contributed by atoms with Gasteiger partial charge in [-0.25, -0.2) is 0 Å². The Morgan fingerprint density at radius 3 is 2.80 bits per heavy atom. The molecule has 0 unspecified atom stereocenters. The predicted molar refractivity (Wildman–Crippen MR) is 60.2 cm³/mol. The van der Waals surface area contributed by atoms with E-state index in [1.54, 1.807) is 0 Å². The van der Waals surface area contributed by atoms with Crippen molar-refractivity contribution in [2.75, 3.05) is 6.54 Å². The van der Waals surface area contributed by atoms with Crippen LogP contribution in [-0.2, 0) is 9.59 Å². The predicted octanol–water partition coefficient (Wildman–Crippen LogP) is 0.155. The first kappa shape index (κ1) is 12.4. The summed E-state index contributed by atoms with van der Waals surface area (Å²) in [6.45, 7) is 2.32. The van der Waals surface area contributed by atoms with Gasteiger partial charge in [0.25, 0.3) is 0 Å². The van der Waals surface area contributed by atoms with E-state index in [-0.39, 0.29) is 17.6 Å². The van der Waals surface area contributed by atoms with Crippen LogP contribution in [-0.4, -0.2) is 32.9 Å². The van der Waals surface area contributed by atoms with Gasteiger partial charge in [0.05, 0.1) is 5.25 Å². The molecule has 0 N–H and O–H groups in total. The summed E-state index contributed by atoms with van der Waals surface area (Å²) < 4.78 is 0.560. The first-order valence-electron chi connectivity index (χ1n) is 4.78. The van der Waals surface area contributed by atoms with E-state index in [4.69, 9.17) is 12.2 Å². The van der Waals surface area contributed by atoms with Crippen LogP contribution in [0.5, 0.6) is 0 Å². The summed E-state index contributed by atoms with van der Waals surface area (Å²) in [6.07, 6.45) is 1.11. The lowest BCUT2D eigenvalue weighted by atomic mass is 10.2. The maximum Gasteiger partial charge on any atom is 0.241 e. The molecule has 1 fully saturated rings. The average Bonchev–Trinajstić information content (AvgIpc) is 2.44. The van der Waals surface area contributed by atoms with Crippen LogP contribution in [0.25, 0.3) is 0 Å². The third kappa shape index (κ3) is 3.17. The van der Waals surface area contributed by atoms with Crippen molar-refractivity contribution in [3.8, 4) is 0 Å². The van der Waals surface area contributed by atoms with Gasteiger partial charge in [0.1, 0.15) is 4.32 Å². The van der Waals surface area contributed by atoms with Gasteiger partial charge in [-0.1, -0.05) is 30.9 Å². The van der Waals surface area contributed by atoms with Crippen LogP contribution in [0.15, 0.2) is 0 Å². The standard InChI is InChI=1S/C9H13NO3S2/c1-2-6-8(13)10(9(14)15-6)5-3-4-7(11)12/h6H,2-5H2,1H3,(H,11,12)/p-1/t6-/m1/s1. The van der Waals surface area contributed by atoms with Crippen LogP contribution < -0.4 is 5.11 Å². The van der Waals surface area contributed by atoms with Crippen molar-refractivity contribution in [1.29, 1.82) is 0 Å². The first-order valence-corrected chi connectivity index (χ1v) is 6.07. The van der Waals surface area contributed by atoms with Gasteiger partial charge in [0.2, 0.25) is 5.91 Å².